The maximum atomic E-state index is 13.7. The molecule has 2 N–H and O–H groups in total. The van der Waals surface area contributed by atoms with Gasteiger partial charge in [0.05, 0.1) is 4.90 Å². The third kappa shape index (κ3) is 4.81. The van der Waals surface area contributed by atoms with Crippen LogP contribution in [-0.4, -0.2) is 14.3 Å². The van der Waals surface area contributed by atoms with Gasteiger partial charge in [0.2, 0.25) is 0 Å². The lowest BCUT2D eigenvalue weighted by molar-refractivity contribution is 0.102. The molecule has 0 saturated heterocycles. The Balaban J connectivity index is 1.80. The number of terminal acetylenes is 1. The molecule has 0 aromatic heterocycles. The number of carbonyl (C=O) groups excluding carboxylic acids is 1. The van der Waals surface area contributed by atoms with E-state index in [-0.39, 0.29) is 16.1 Å². The molecule has 1 amide bonds. The summed E-state index contributed by atoms with van der Waals surface area (Å²) in [6, 6.07) is 16.4. The van der Waals surface area contributed by atoms with Crippen LogP contribution in [0.2, 0.25) is 0 Å². The number of sulfonamides is 1. The number of carbonyl (C=O) groups is 1. The predicted molar refractivity (Wildman–Crippen MR) is 111 cm³/mol. The molecule has 5 nitrogen and oxygen atoms in total. The molecule has 0 heterocycles. The van der Waals surface area contributed by atoms with Crippen molar-refractivity contribution in [2.45, 2.75) is 11.8 Å². The largest absolute Gasteiger partial charge is 0.322 e. The fraction of sp³-hybridized carbons (Fsp3) is 0.0455. The molecule has 3 aromatic carbocycles. The molecule has 3 aromatic rings. The molecule has 0 bridgehead atoms. The first kappa shape index (κ1) is 20.1. The van der Waals surface area contributed by atoms with Crippen LogP contribution in [-0.2, 0) is 10.0 Å². The van der Waals surface area contributed by atoms with Gasteiger partial charge in [0, 0.05) is 22.5 Å². The Morgan fingerprint density at radius 1 is 1.00 bits per heavy atom. The highest BCUT2D eigenvalue weighted by Crippen LogP contribution is 2.20. The molecule has 146 valence electrons. The summed E-state index contributed by atoms with van der Waals surface area (Å²) in [5, 5.41) is 2.71. The lowest BCUT2D eigenvalue weighted by atomic mass is 10.1. The van der Waals surface area contributed by atoms with Crippen LogP contribution in [0.1, 0.15) is 21.5 Å². The molecule has 29 heavy (non-hydrogen) atoms. The number of hydrogen-bond acceptors (Lipinski definition) is 3. The molecule has 0 unspecified atom stereocenters. The zero-order valence-electron chi connectivity index (χ0n) is 15.4. The Hall–Kier alpha value is -3.63. The molecule has 7 heteroatoms. The zero-order chi connectivity index (χ0) is 21.0. The Kier molecular flexibility index (Phi) is 5.66. The van der Waals surface area contributed by atoms with Crippen molar-refractivity contribution in [2.75, 3.05) is 10.0 Å². The monoisotopic (exact) mass is 408 g/mol. The van der Waals surface area contributed by atoms with Gasteiger partial charge in [-0.2, -0.15) is 0 Å². The Bertz CT molecular complexity index is 1230. The SMILES string of the molecule is C#Cc1cccc(NC(=O)c2cccc(NS(=O)(=O)c3ccc(C)c(F)c3)c2)c1. The number of amides is 1. The van der Waals surface area contributed by atoms with E-state index in [0.717, 1.165) is 6.07 Å². The van der Waals surface area contributed by atoms with Crippen LogP contribution in [0.4, 0.5) is 15.8 Å². The van der Waals surface area contributed by atoms with E-state index >= 15 is 0 Å². The highest BCUT2D eigenvalue weighted by Gasteiger charge is 2.17. The van der Waals surface area contributed by atoms with Crippen LogP contribution in [0, 0.1) is 25.1 Å². The summed E-state index contributed by atoms with van der Waals surface area (Å²) in [7, 11) is -4.01. The summed E-state index contributed by atoms with van der Waals surface area (Å²) in [6.45, 7) is 1.54. The number of benzene rings is 3. The van der Waals surface area contributed by atoms with Gasteiger partial charge in [-0.15, -0.1) is 6.42 Å². The molecule has 0 saturated carbocycles. The van der Waals surface area contributed by atoms with Gasteiger partial charge in [0.25, 0.3) is 15.9 Å². The average Bonchev–Trinajstić information content (AvgIpc) is 2.70. The summed E-state index contributed by atoms with van der Waals surface area (Å²) in [4.78, 5) is 12.3. The van der Waals surface area contributed by atoms with Crippen molar-refractivity contribution in [1.29, 1.82) is 0 Å². The van der Waals surface area contributed by atoms with Gasteiger partial charge in [-0.1, -0.05) is 24.1 Å². The van der Waals surface area contributed by atoms with Crippen molar-refractivity contribution in [1.82, 2.24) is 0 Å². The Morgan fingerprint density at radius 2 is 1.72 bits per heavy atom. The minimum atomic E-state index is -4.01. The second kappa shape index (κ2) is 8.17. The lowest BCUT2D eigenvalue weighted by Crippen LogP contribution is -2.15. The zero-order valence-corrected chi connectivity index (χ0v) is 16.3. The third-order valence-corrected chi connectivity index (χ3v) is 5.50. The van der Waals surface area contributed by atoms with E-state index in [0.29, 0.717) is 16.8 Å². The Morgan fingerprint density at radius 3 is 2.45 bits per heavy atom. The number of rotatable bonds is 5. The molecule has 3 rings (SSSR count). The predicted octanol–water partition coefficient (Wildman–Crippen LogP) is 4.17. The Labute approximate surface area is 168 Å². The number of hydrogen-bond donors (Lipinski definition) is 2. The summed E-state index contributed by atoms with van der Waals surface area (Å²) in [6.07, 6.45) is 5.35. The second-order valence-electron chi connectivity index (χ2n) is 6.28. The highest BCUT2D eigenvalue weighted by molar-refractivity contribution is 7.92. The number of anilines is 2. The standard InChI is InChI=1S/C22H17FN2O3S/c1-3-16-6-4-8-18(12-16)24-22(26)17-7-5-9-19(13-17)25-29(27,28)20-11-10-15(2)21(23)14-20/h1,4-14,25H,2H3,(H,24,26). The van der Waals surface area contributed by atoms with E-state index in [2.05, 4.69) is 16.0 Å². The molecular formula is C22H17FN2O3S. The van der Waals surface area contributed by atoms with E-state index in [9.17, 15) is 17.6 Å². The summed E-state index contributed by atoms with van der Waals surface area (Å²) in [5.41, 5.74) is 1.90. The van der Waals surface area contributed by atoms with Crippen LogP contribution in [0.5, 0.6) is 0 Å². The molecular weight excluding hydrogens is 391 g/mol. The van der Waals surface area contributed by atoms with Crippen molar-refractivity contribution >= 4 is 27.3 Å². The summed E-state index contributed by atoms with van der Waals surface area (Å²) in [5.74, 6) is 1.44. The minimum absolute atomic E-state index is 0.177. The summed E-state index contributed by atoms with van der Waals surface area (Å²) >= 11 is 0. The van der Waals surface area contributed by atoms with Gasteiger partial charge < -0.3 is 5.32 Å². The van der Waals surface area contributed by atoms with Gasteiger partial charge >= 0.3 is 0 Å². The van der Waals surface area contributed by atoms with Gasteiger partial charge in [0.15, 0.2) is 0 Å². The third-order valence-electron chi connectivity index (χ3n) is 4.12. The molecule has 0 fully saturated rings. The number of aryl methyl sites for hydroxylation is 1. The van der Waals surface area contributed by atoms with E-state index in [4.69, 9.17) is 6.42 Å². The van der Waals surface area contributed by atoms with E-state index < -0.39 is 21.7 Å². The molecule has 0 spiro atoms. The van der Waals surface area contributed by atoms with E-state index in [1.807, 2.05) is 0 Å². The smallest absolute Gasteiger partial charge is 0.261 e. The first-order valence-corrected chi connectivity index (χ1v) is 10.0. The number of halogens is 1. The first-order valence-electron chi connectivity index (χ1n) is 8.55. The molecule has 0 atom stereocenters. The lowest BCUT2D eigenvalue weighted by Gasteiger charge is -2.11. The fourth-order valence-corrected chi connectivity index (χ4v) is 3.63. The topological polar surface area (TPSA) is 75.3 Å². The van der Waals surface area contributed by atoms with Crippen molar-refractivity contribution < 1.29 is 17.6 Å². The van der Waals surface area contributed by atoms with Crippen molar-refractivity contribution in [3.8, 4) is 12.3 Å². The van der Waals surface area contributed by atoms with Gasteiger partial charge in [-0.25, -0.2) is 12.8 Å². The van der Waals surface area contributed by atoms with Crippen molar-refractivity contribution in [2.24, 2.45) is 0 Å². The number of nitrogens with one attached hydrogen (secondary N) is 2. The minimum Gasteiger partial charge on any atom is -0.322 e. The van der Waals surface area contributed by atoms with Crippen LogP contribution in [0.25, 0.3) is 0 Å². The van der Waals surface area contributed by atoms with Gasteiger partial charge in [-0.3, -0.25) is 9.52 Å². The van der Waals surface area contributed by atoms with Crippen LogP contribution < -0.4 is 10.0 Å². The molecule has 0 radical (unpaired) electrons. The first-order chi connectivity index (χ1) is 13.8. The quantitative estimate of drug-likeness (QED) is 0.622. The maximum absolute atomic E-state index is 13.7. The normalized spacial score (nSPS) is 10.8. The van der Waals surface area contributed by atoms with Crippen LogP contribution in [0.15, 0.2) is 71.6 Å². The molecule has 0 aliphatic carbocycles. The van der Waals surface area contributed by atoms with Crippen LogP contribution in [0.3, 0.4) is 0 Å². The van der Waals surface area contributed by atoms with Crippen molar-refractivity contribution in [3.63, 3.8) is 0 Å². The van der Waals surface area contributed by atoms with Crippen LogP contribution >= 0.6 is 0 Å². The average molecular weight is 408 g/mol. The van der Waals surface area contributed by atoms with E-state index in [1.165, 1.54) is 24.3 Å². The maximum Gasteiger partial charge on any atom is 0.261 e. The fourth-order valence-electron chi connectivity index (χ4n) is 2.57. The summed E-state index contributed by atoms with van der Waals surface area (Å²) < 4.78 is 41.1. The molecule has 0 aliphatic rings. The van der Waals surface area contributed by atoms with Gasteiger partial charge in [0.1, 0.15) is 5.82 Å². The highest BCUT2D eigenvalue weighted by atomic mass is 32.2. The second-order valence-corrected chi connectivity index (χ2v) is 7.96. The molecule has 0 aliphatic heterocycles. The van der Waals surface area contributed by atoms with Gasteiger partial charge in [-0.05, 0) is 61.0 Å². The van der Waals surface area contributed by atoms with Crippen molar-refractivity contribution in [3.05, 3.63) is 89.2 Å². The van der Waals surface area contributed by atoms with E-state index in [1.54, 1.807) is 43.3 Å².